The Labute approximate surface area is 124 Å². The van der Waals surface area contributed by atoms with Crippen molar-refractivity contribution in [3.63, 3.8) is 0 Å². The third-order valence-corrected chi connectivity index (χ3v) is 5.78. The first-order valence-electron chi connectivity index (χ1n) is 8.87. The average Bonchev–Trinajstić information content (AvgIpc) is 2.91. The van der Waals surface area contributed by atoms with E-state index in [9.17, 15) is 0 Å². The molecule has 3 heteroatoms. The van der Waals surface area contributed by atoms with Crippen molar-refractivity contribution >= 4 is 0 Å². The van der Waals surface area contributed by atoms with E-state index in [0.717, 1.165) is 43.6 Å². The van der Waals surface area contributed by atoms with Crippen LogP contribution in [0.25, 0.3) is 0 Å². The molecule has 3 fully saturated rings. The van der Waals surface area contributed by atoms with Crippen molar-refractivity contribution in [2.24, 2.45) is 11.8 Å². The van der Waals surface area contributed by atoms with Gasteiger partial charge in [-0.15, -0.1) is 0 Å². The maximum absolute atomic E-state index is 5.96. The summed E-state index contributed by atoms with van der Waals surface area (Å²) in [6.07, 6.45) is 8.75. The highest BCUT2D eigenvalue weighted by atomic mass is 16.5. The van der Waals surface area contributed by atoms with Gasteiger partial charge in [0.15, 0.2) is 0 Å². The molecule has 5 unspecified atom stereocenters. The van der Waals surface area contributed by atoms with Gasteiger partial charge in [0.05, 0.1) is 12.7 Å². The summed E-state index contributed by atoms with van der Waals surface area (Å²) in [7, 11) is 0. The molecule has 2 saturated carbocycles. The van der Waals surface area contributed by atoms with E-state index >= 15 is 0 Å². The van der Waals surface area contributed by atoms with Crippen LogP contribution in [-0.2, 0) is 4.74 Å². The summed E-state index contributed by atoms with van der Waals surface area (Å²) in [4.78, 5) is 2.77. The van der Waals surface area contributed by atoms with Crippen LogP contribution in [0.3, 0.4) is 0 Å². The molecule has 0 bridgehead atoms. The minimum absolute atomic E-state index is 0.544. The second kappa shape index (κ2) is 6.76. The van der Waals surface area contributed by atoms with Crippen molar-refractivity contribution in [3.05, 3.63) is 0 Å². The molecule has 3 rings (SSSR count). The number of morpholine rings is 1. The topological polar surface area (TPSA) is 24.5 Å². The number of hydrogen-bond acceptors (Lipinski definition) is 3. The Morgan fingerprint density at radius 3 is 2.95 bits per heavy atom. The van der Waals surface area contributed by atoms with Gasteiger partial charge in [-0.2, -0.15) is 0 Å². The zero-order valence-electron chi connectivity index (χ0n) is 13.3. The SMILES string of the molecule is CCNC1CCC(C)CC1CN1CCOC2CCCC21. The Bertz CT molecular complexity index is 309. The summed E-state index contributed by atoms with van der Waals surface area (Å²) in [6, 6.07) is 1.47. The van der Waals surface area contributed by atoms with E-state index in [1.54, 1.807) is 0 Å². The van der Waals surface area contributed by atoms with Gasteiger partial charge < -0.3 is 10.1 Å². The minimum Gasteiger partial charge on any atom is -0.375 e. The van der Waals surface area contributed by atoms with E-state index in [1.165, 1.54) is 45.1 Å². The molecular weight excluding hydrogens is 248 g/mol. The molecule has 0 radical (unpaired) electrons. The van der Waals surface area contributed by atoms with E-state index in [2.05, 4.69) is 24.1 Å². The van der Waals surface area contributed by atoms with E-state index in [0.29, 0.717) is 6.10 Å². The minimum atomic E-state index is 0.544. The molecule has 1 aliphatic heterocycles. The quantitative estimate of drug-likeness (QED) is 0.857. The van der Waals surface area contributed by atoms with Crippen LogP contribution in [-0.4, -0.2) is 49.3 Å². The van der Waals surface area contributed by atoms with E-state index in [4.69, 9.17) is 4.74 Å². The molecule has 5 atom stereocenters. The predicted molar refractivity (Wildman–Crippen MR) is 82.9 cm³/mol. The molecule has 0 aromatic carbocycles. The van der Waals surface area contributed by atoms with Crippen molar-refractivity contribution in [1.82, 2.24) is 10.2 Å². The number of ether oxygens (including phenoxy) is 1. The highest BCUT2D eigenvalue weighted by Gasteiger charge is 2.38. The van der Waals surface area contributed by atoms with Gasteiger partial charge in [-0.3, -0.25) is 4.90 Å². The van der Waals surface area contributed by atoms with Crippen LogP contribution in [0.15, 0.2) is 0 Å². The summed E-state index contributed by atoms with van der Waals surface area (Å²) in [5.74, 6) is 1.76. The molecule has 0 amide bonds. The van der Waals surface area contributed by atoms with Crippen LogP contribution >= 0.6 is 0 Å². The maximum atomic E-state index is 5.96. The summed E-state index contributed by atoms with van der Waals surface area (Å²) >= 11 is 0. The predicted octanol–water partition coefficient (Wildman–Crippen LogP) is 2.65. The standard InChI is InChI=1S/C17H32N2O/c1-3-18-15-8-7-13(2)11-14(15)12-19-9-10-20-17-6-4-5-16(17)19/h13-18H,3-12H2,1-2H3. The molecule has 0 spiro atoms. The third-order valence-electron chi connectivity index (χ3n) is 5.78. The van der Waals surface area contributed by atoms with Gasteiger partial charge in [0.2, 0.25) is 0 Å². The average molecular weight is 280 g/mol. The van der Waals surface area contributed by atoms with Crippen molar-refractivity contribution in [3.8, 4) is 0 Å². The van der Waals surface area contributed by atoms with Crippen LogP contribution in [0.2, 0.25) is 0 Å². The zero-order chi connectivity index (χ0) is 13.9. The molecule has 0 aromatic rings. The van der Waals surface area contributed by atoms with Crippen LogP contribution in [0.4, 0.5) is 0 Å². The van der Waals surface area contributed by atoms with E-state index in [-0.39, 0.29) is 0 Å². The molecular formula is C17H32N2O. The highest BCUT2D eigenvalue weighted by Crippen LogP contribution is 2.34. The van der Waals surface area contributed by atoms with Crippen molar-refractivity contribution < 1.29 is 4.74 Å². The number of hydrogen-bond donors (Lipinski definition) is 1. The fraction of sp³-hybridized carbons (Fsp3) is 1.00. The lowest BCUT2D eigenvalue weighted by molar-refractivity contribution is -0.0640. The lowest BCUT2D eigenvalue weighted by atomic mass is 9.78. The smallest absolute Gasteiger partial charge is 0.0730 e. The highest BCUT2D eigenvalue weighted by molar-refractivity contribution is 4.93. The monoisotopic (exact) mass is 280 g/mol. The fourth-order valence-electron chi connectivity index (χ4n) is 4.77. The van der Waals surface area contributed by atoms with Crippen molar-refractivity contribution in [2.75, 3.05) is 26.2 Å². The maximum Gasteiger partial charge on any atom is 0.0730 e. The molecule has 3 aliphatic rings. The fourth-order valence-corrected chi connectivity index (χ4v) is 4.77. The normalized spacial score (nSPS) is 42.6. The van der Waals surface area contributed by atoms with Crippen LogP contribution in [0.5, 0.6) is 0 Å². The summed E-state index contributed by atoms with van der Waals surface area (Å²) in [6.45, 7) is 9.21. The van der Waals surface area contributed by atoms with E-state index < -0.39 is 0 Å². The summed E-state index contributed by atoms with van der Waals surface area (Å²) < 4.78 is 5.96. The molecule has 1 saturated heterocycles. The van der Waals surface area contributed by atoms with Crippen molar-refractivity contribution in [2.45, 2.75) is 70.6 Å². The third kappa shape index (κ3) is 3.20. The molecule has 116 valence electrons. The summed E-state index contributed by atoms with van der Waals surface area (Å²) in [5, 5.41) is 3.75. The molecule has 1 heterocycles. The number of rotatable bonds is 4. The Hall–Kier alpha value is -0.120. The van der Waals surface area contributed by atoms with Crippen LogP contribution in [0.1, 0.15) is 52.4 Å². The number of nitrogens with one attached hydrogen (secondary N) is 1. The lowest BCUT2D eigenvalue weighted by Crippen LogP contribution is -2.53. The van der Waals surface area contributed by atoms with Crippen LogP contribution in [0, 0.1) is 11.8 Å². The van der Waals surface area contributed by atoms with Gasteiger partial charge in [-0.25, -0.2) is 0 Å². The number of nitrogens with zero attached hydrogens (tertiary/aromatic N) is 1. The molecule has 20 heavy (non-hydrogen) atoms. The largest absolute Gasteiger partial charge is 0.375 e. The second-order valence-electron chi connectivity index (χ2n) is 7.24. The molecule has 0 aromatic heterocycles. The number of fused-ring (bicyclic) bond motifs is 1. The van der Waals surface area contributed by atoms with Gasteiger partial charge in [0.25, 0.3) is 0 Å². The molecule has 3 nitrogen and oxygen atoms in total. The van der Waals surface area contributed by atoms with Gasteiger partial charge >= 0.3 is 0 Å². The first-order chi connectivity index (χ1) is 9.78. The Kier molecular flexibility index (Phi) is 5.00. The second-order valence-corrected chi connectivity index (χ2v) is 7.24. The van der Waals surface area contributed by atoms with E-state index in [1.807, 2.05) is 0 Å². The van der Waals surface area contributed by atoms with Gasteiger partial charge in [-0.05, 0) is 56.9 Å². The first kappa shape index (κ1) is 14.8. The van der Waals surface area contributed by atoms with Crippen LogP contribution < -0.4 is 5.32 Å². The molecule has 2 aliphatic carbocycles. The van der Waals surface area contributed by atoms with Crippen molar-refractivity contribution in [1.29, 1.82) is 0 Å². The first-order valence-corrected chi connectivity index (χ1v) is 8.87. The Morgan fingerprint density at radius 1 is 1.20 bits per heavy atom. The zero-order valence-corrected chi connectivity index (χ0v) is 13.3. The van der Waals surface area contributed by atoms with Gasteiger partial charge in [-0.1, -0.05) is 13.8 Å². The Morgan fingerprint density at radius 2 is 2.10 bits per heavy atom. The lowest BCUT2D eigenvalue weighted by Gasteiger charge is -2.43. The van der Waals surface area contributed by atoms with Gasteiger partial charge in [0, 0.05) is 25.2 Å². The summed E-state index contributed by atoms with van der Waals surface area (Å²) in [5.41, 5.74) is 0. The Balaban J connectivity index is 1.61. The molecule has 1 N–H and O–H groups in total. The van der Waals surface area contributed by atoms with Gasteiger partial charge in [0.1, 0.15) is 0 Å².